The monoisotopic (exact) mass is 270 g/mol. The van der Waals surface area contributed by atoms with E-state index in [-0.39, 0.29) is 12.3 Å². The largest absolute Gasteiger partial charge is 0.396 e. The molecule has 0 radical (unpaired) electrons. The van der Waals surface area contributed by atoms with Crippen LogP contribution in [0.25, 0.3) is 0 Å². The minimum Gasteiger partial charge on any atom is -0.396 e. The van der Waals surface area contributed by atoms with Gasteiger partial charge >= 0.3 is 0 Å². The van der Waals surface area contributed by atoms with Crippen molar-refractivity contribution in [2.24, 2.45) is 0 Å². The average molecular weight is 270 g/mol. The molecule has 1 aromatic rings. The maximum atomic E-state index is 13.2. The van der Waals surface area contributed by atoms with E-state index in [4.69, 9.17) is 5.11 Å². The van der Waals surface area contributed by atoms with Gasteiger partial charge in [0.05, 0.1) is 11.0 Å². The van der Waals surface area contributed by atoms with Crippen molar-refractivity contribution in [3.8, 4) is 0 Å². The molecule has 0 saturated carbocycles. The molecule has 106 valence electrons. The van der Waals surface area contributed by atoms with Crippen molar-refractivity contribution < 1.29 is 14.4 Å². The van der Waals surface area contributed by atoms with Crippen LogP contribution in [0, 0.1) is 15.9 Å². The summed E-state index contributed by atoms with van der Waals surface area (Å²) in [4.78, 5) is 12.0. The molecule has 0 unspecified atom stereocenters. The molecule has 0 spiro atoms. The van der Waals surface area contributed by atoms with Gasteiger partial charge < -0.3 is 10.0 Å². The van der Waals surface area contributed by atoms with E-state index < -0.39 is 10.7 Å². The molecular formula is C13H19FN2O3. The van der Waals surface area contributed by atoms with Crippen LogP contribution in [0.4, 0.5) is 10.1 Å². The second kappa shape index (κ2) is 7.81. The van der Waals surface area contributed by atoms with Gasteiger partial charge in [-0.05, 0) is 44.5 Å². The Morgan fingerprint density at radius 1 is 1.32 bits per heavy atom. The predicted octanol–water partition coefficient (Wildman–Crippen LogP) is 2.33. The van der Waals surface area contributed by atoms with Crippen molar-refractivity contribution in [1.29, 1.82) is 0 Å². The Kier molecular flexibility index (Phi) is 6.38. The fourth-order valence-electron chi connectivity index (χ4n) is 1.89. The van der Waals surface area contributed by atoms with E-state index in [1.165, 1.54) is 12.1 Å². The number of nitro benzene ring substituents is 1. The Bertz CT molecular complexity index is 426. The van der Waals surface area contributed by atoms with Gasteiger partial charge in [0, 0.05) is 19.2 Å². The SMILES string of the molecule is CN(CCCCCO)Cc1cc(F)cc([N+](=O)[O-])c1. The summed E-state index contributed by atoms with van der Waals surface area (Å²) in [6, 6.07) is 3.63. The van der Waals surface area contributed by atoms with Crippen molar-refractivity contribution in [3.63, 3.8) is 0 Å². The first-order valence-corrected chi connectivity index (χ1v) is 6.26. The first kappa shape index (κ1) is 15.5. The Balaban J connectivity index is 2.53. The number of non-ortho nitro benzene ring substituents is 1. The summed E-state index contributed by atoms with van der Waals surface area (Å²) in [5, 5.41) is 19.3. The minimum atomic E-state index is -0.589. The normalized spacial score (nSPS) is 10.9. The zero-order valence-electron chi connectivity index (χ0n) is 11.0. The predicted molar refractivity (Wildman–Crippen MR) is 70.3 cm³/mol. The molecule has 0 heterocycles. The molecule has 1 rings (SSSR count). The number of aliphatic hydroxyl groups is 1. The summed E-state index contributed by atoms with van der Waals surface area (Å²) >= 11 is 0. The maximum absolute atomic E-state index is 13.2. The van der Waals surface area contributed by atoms with Crippen LogP contribution >= 0.6 is 0 Å². The van der Waals surface area contributed by atoms with Gasteiger partial charge in [-0.25, -0.2) is 4.39 Å². The lowest BCUT2D eigenvalue weighted by Gasteiger charge is -2.16. The van der Waals surface area contributed by atoms with Crippen molar-refractivity contribution in [3.05, 3.63) is 39.7 Å². The standard InChI is InChI=1S/C13H19FN2O3/c1-15(5-3-2-4-6-17)10-11-7-12(14)9-13(8-11)16(18)19/h7-9,17H,2-6,10H2,1H3. The third-order valence-corrected chi connectivity index (χ3v) is 2.80. The number of nitro groups is 1. The fraction of sp³-hybridized carbons (Fsp3) is 0.538. The Hall–Kier alpha value is -1.53. The summed E-state index contributed by atoms with van der Waals surface area (Å²) in [6.07, 6.45) is 2.65. The van der Waals surface area contributed by atoms with Crippen molar-refractivity contribution >= 4 is 5.69 Å². The minimum absolute atomic E-state index is 0.194. The quantitative estimate of drug-likeness (QED) is 0.447. The van der Waals surface area contributed by atoms with E-state index in [2.05, 4.69) is 0 Å². The molecule has 0 saturated heterocycles. The number of benzene rings is 1. The fourth-order valence-corrected chi connectivity index (χ4v) is 1.89. The summed E-state index contributed by atoms with van der Waals surface area (Å²) in [6.45, 7) is 1.47. The number of rotatable bonds is 8. The van der Waals surface area contributed by atoms with Crippen molar-refractivity contribution in [1.82, 2.24) is 4.90 Å². The average Bonchev–Trinajstić information content (AvgIpc) is 2.34. The molecule has 0 aromatic heterocycles. The van der Waals surface area contributed by atoms with E-state index in [0.717, 1.165) is 31.9 Å². The number of hydrogen-bond donors (Lipinski definition) is 1. The van der Waals surface area contributed by atoms with Crippen LogP contribution in [-0.4, -0.2) is 35.1 Å². The van der Waals surface area contributed by atoms with Gasteiger partial charge in [-0.15, -0.1) is 0 Å². The van der Waals surface area contributed by atoms with Crippen LogP contribution in [-0.2, 0) is 6.54 Å². The highest BCUT2D eigenvalue weighted by Gasteiger charge is 2.10. The lowest BCUT2D eigenvalue weighted by molar-refractivity contribution is -0.385. The van der Waals surface area contributed by atoms with Gasteiger partial charge in [-0.3, -0.25) is 10.1 Å². The van der Waals surface area contributed by atoms with Gasteiger partial charge in [0.1, 0.15) is 5.82 Å². The molecule has 0 bridgehead atoms. The number of halogens is 1. The Labute approximate surface area is 111 Å². The Morgan fingerprint density at radius 3 is 2.68 bits per heavy atom. The van der Waals surface area contributed by atoms with E-state index in [9.17, 15) is 14.5 Å². The summed E-state index contributed by atoms with van der Waals surface area (Å²) in [5.41, 5.74) is 0.375. The third kappa shape index (κ3) is 5.76. The molecule has 0 atom stereocenters. The molecule has 0 amide bonds. The van der Waals surface area contributed by atoms with Gasteiger partial charge in [0.2, 0.25) is 0 Å². The topological polar surface area (TPSA) is 66.6 Å². The van der Waals surface area contributed by atoms with Gasteiger partial charge in [0.15, 0.2) is 0 Å². The first-order valence-electron chi connectivity index (χ1n) is 6.26. The first-order chi connectivity index (χ1) is 9.02. The van der Waals surface area contributed by atoms with Crippen LogP contribution in [0.2, 0.25) is 0 Å². The summed E-state index contributed by atoms with van der Waals surface area (Å²) in [7, 11) is 1.88. The van der Waals surface area contributed by atoms with Gasteiger partial charge in [-0.1, -0.05) is 0 Å². The smallest absolute Gasteiger partial charge is 0.272 e. The molecule has 0 aliphatic carbocycles. The highest BCUT2D eigenvalue weighted by molar-refractivity contribution is 5.35. The van der Waals surface area contributed by atoms with Crippen LogP contribution in [0.15, 0.2) is 18.2 Å². The molecular weight excluding hydrogens is 251 g/mol. The van der Waals surface area contributed by atoms with Crippen molar-refractivity contribution in [2.45, 2.75) is 25.8 Å². The molecule has 1 N–H and O–H groups in total. The van der Waals surface area contributed by atoms with Crippen LogP contribution < -0.4 is 0 Å². The lowest BCUT2D eigenvalue weighted by atomic mass is 10.1. The van der Waals surface area contributed by atoms with E-state index in [0.29, 0.717) is 12.1 Å². The van der Waals surface area contributed by atoms with Gasteiger partial charge in [-0.2, -0.15) is 0 Å². The number of hydrogen-bond acceptors (Lipinski definition) is 4. The van der Waals surface area contributed by atoms with E-state index in [1.807, 2.05) is 11.9 Å². The molecule has 0 fully saturated rings. The lowest BCUT2D eigenvalue weighted by Crippen LogP contribution is -2.19. The summed E-state index contributed by atoms with van der Waals surface area (Å²) in [5.74, 6) is -0.585. The molecule has 19 heavy (non-hydrogen) atoms. The molecule has 0 aliphatic heterocycles. The number of unbranched alkanes of at least 4 members (excludes halogenated alkanes) is 2. The molecule has 5 nitrogen and oxygen atoms in total. The zero-order valence-corrected chi connectivity index (χ0v) is 11.0. The Morgan fingerprint density at radius 2 is 2.05 bits per heavy atom. The highest BCUT2D eigenvalue weighted by atomic mass is 19.1. The second-order valence-corrected chi connectivity index (χ2v) is 4.60. The van der Waals surface area contributed by atoms with Crippen LogP contribution in [0.5, 0.6) is 0 Å². The number of nitrogens with zero attached hydrogens (tertiary/aromatic N) is 2. The maximum Gasteiger partial charge on any atom is 0.272 e. The third-order valence-electron chi connectivity index (χ3n) is 2.80. The van der Waals surface area contributed by atoms with Crippen molar-refractivity contribution in [2.75, 3.05) is 20.2 Å². The zero-order chi connectivity index (χ0) is 14.3. The number of aliphatic hydroxyl groups excluding tert-OH is 1. The van der Waals surface area contributed by atoms with E-state index in [1.54, 1.807) is 0 Å². The highest BCUT2D eigenvalue weighted by Crippen LogP contribution is 2.17. The van der Waals surface area contributed by atoms with Crippen LogP contribution in [0.3, 0.4) is 0 Å². The second-order valence-electron chi connectivity index (χ2n) is 4.60. The molecule has 6 heteroatoms. The van der Waals surface area contributed by atoms with E-state index >= 15 is 0 Å². The summed E-state index contributed by atoms with van der Waals surface area (Å²) < 4.78 is 13.2. The molecule has 1 aromatic carbocycles. The van der Waals surface area contributed by atoms with Gasteiger partial charge in [0.25, 0.3) is 5.69 Å². The molecule has 0 aliphatic rings. The van der Waals surface area contributed by atoms with Crippen LogP contribution in [0.1, 0.15) is 24.8 Å².